The lowest BCUT2D eigenvalue weighted by molar-refractivity contribution is 0.0552. The van der Waals surface area contributed by atoms with E-state index >= 15 is 0 Å². The van der Waals surface area contributed by atoms with Crippen LogP contribution in [0.4, 0.5) is 0 Å². The van der Waals surface area contributed by atoms with Gasteiger partial charge in [0.1, 0.15) is 0 Å². The molecular formula is C15H28N2. The van der Waals surface area contributed by atoms with Gasteiger partial charge < -0.3 is 5.73 Å². The van der Waals surface area contributed by atoms with Gasteiger partial charge >= 0.3 is 0 Å². The number of nitrogens with zero attached hydrogens (tertiary/aromatic N) is 1. The van der Waals surface area contributed by atoms with Crippen molar-refractivity contribution >= 4 is 0 Å². The number of rotatable bonds is 4. The maximum absolute atomic E-state index is 6.27. The molecule has 0 aromatic heterocycles. The van der Waals surface area contributed by atoms with Crippen LogP contribution in [0.2, 0.25) is 0 Å². The second-order valence-corrected chi connectivity index (χ2v) is 6.93. The van der Waals surface area contributed by atoms with Gasteiger partial charge in [0.15, 0.2) is 0 Å². The highest BCUT2D eigenvalue weighted by atomic mass is 15.2. The summed E-state index contributed by atoms with van der Waals surface area (Å²) in [6, 6.07) is 1.23. The number of hydrogen-bond acceptors (Lipinski definition) is 2. The quantitative estimate of drug-likeness (QED) is 0.813. The van der Waals surface area contributed by atoms with Crippen molar-refractivity contribution in [2.24, 2.45) is 23.5 Å². The maximum atomic E-state index is 6.27. The maximum Gasteiger partial charge on any atom is 0.0171 e. The lowest BCUT2D eigenvalue weighted by Crippen LogP contribution is -2.53. The Balaban J connectivity index is 1.55. The standard InChI is InChI=1S/C15H28N2/c1-11(14-3-2-4-14)17-9-13(7-12-5-6-12)8-15(16)10-17/h11-15H,2-10,16H2,1H3. The molecule has 0 aromatic rings. The molecule has 1 saturated heterocycles. The van der Waals surface area contributed by atoms with Crippen LogP contribution in [0.1, 0.15) is 51.9 Å². The largest absolute Gasteiger partial charge is 0.327 e. The fraction of sp³-hybridized carbons (Fsp3) is 1.00. The third-order valence-electron chi connectivity index (χ3n) is 5.37. The first-order valence-corrected chi connectivity index (χ1v) is 7.72. The Morgan fingerprint density at radius 1 is 1.12 bits per heavy atom. The molecule has 0 radical (unpaired) electrons. The van der Waals surface area contributed by atoms with E-state index in [-0.39, 0.29) is 0 Å². The van der Waals surface area contributed by atoms with Crippen molar-refractivity contribution in [3.8, 4) is 0 Å². The molecule has 3 rings (SSSR count). The number of hydrogen-bond donors (Lipinski definition) is 1. The highest BCUT2D eigenvalue weighted by Crippen LogP contribution is 2.39. The predicted molar refractivity (Wildman–Crippen MR) is 71.8 cm³/mol. The van der Waals surface area contributed by atoms with E-state index in [4.69, 9.17) is 5.73 Å². The van der Waals surface area contributed by atoms with Gasteiger partial charge in [0.05, 0.1) is 0 Å². The van der Waals surface area contributed by atoms with Crippen LogP contribution in [0.25, 0.3) is 0 Å². The van der Waals surface area contributed by atoms with Crippen molar-refractivity contribution in [1.29, 1.82) is 0 Å². The SMILES string of the molecule is CC(C1CCC1)N1CC(N)CC(CC2CC2)C1. The number of nitrogens with two attached hydrogens (primary N) is 1. The Bertz CT molecular complexity index is 256. The molecular weight excluding hydrogens is 208 g/mol. The first-order chi connectivity index (χ1) is 8.22. The van der Waals surface area contributed by atoms with Crippen LogP contribution in [0, 0.1) is 17.8 Å². The summed E-state index contributed by atoms with van der Waals surface area (Å²) in [5.41, 5.74) is 6.27. The fourth-order valence-electron chi connectivity index (χ4n) is 3.83. The van der Waals surface area contributed by atoms with Gasteiger partial charge in [0.2, 0.25) is 0 Å². The van der Waals surface area contributed by atoms with Crippen molar-refractivity contribution in [3.05, 3.63) is 0 Å². The Morgan fingerprint density at radius 2 is 1.88 bits per heavy atom. The van der Waals surface area contributed by atoms with Crippen LogP contribution in [-0.2, 0) is 0 Å². The van der Waals surface area contributed by atoms with Gasteiger partial charge in [-0.25, -0.2) is 0 Å². The minimum absolute atomic E-state index is 0.440. The van der Waals surface area contributed by atoms with Gasteiger partial charge in [0.25, 0.3) is 0 Å². The van der Waals surface area contributed by atoms with Gasteiger partial charge in [-0.2, -0.15) is 0 Å². The predicted octanol–water partition coefficient (Wildman–Crippen LogP) is 2.62. The van der Waals surface area contributed by atoms with E-state index in [0.29, 0.717) is 6.04 Å². The first-order valence-electron chi connectivity index (χ1n) is 7.72. The lowest BCUT2D eigenvalue weighted by atomic mass is 9.78. The molecule has 2 heteroatoms. The highest BCUT2D eigenvalue weighted by Gasteiger charge is 2.35. The van der Waals surface area contributed by atoms with E-state index in [1.54, 1.807) is 0 Å². The summed E-state index contributed by atoms with van der Waals surface area (Å²) < 4.78 is 0. The average Bonchev–Trinajstić information content (AvgIpc) is 2.98. The van der Waals surface area contributed by atoms with Gasteiger partial charge in [-0.1, -0.05) is 19.3 Å². The number of likely N-dealkylation sites (tertiary alicyclic amines) is 1. The van der Waals surface area contributed by atoms with Crippen molar-refractivity contribution in [3.63, 3.8) is 0 Å². The summed E-state index contributed by atoms with van der Waals surface area (Å²) in [6.45, 7) is 4.93. The van der Waals surface area contributed by atoms with Crippen molar-refractivity contribution in [2.45, 2.75) is 64.0 Å². The summed E-state index contributed by atoms with van der Waals surface area (Å²) in [6.07, 6.45) is 10.1. The molecule has 3 fully saturated rings. The zero-order valence-electron chi connectivity index (χ0n) is 11.3. The molecule has 0 spiro atoms. The zero-order chi connectivity index (χ0) is 11.8. The van der Waals surface area contributed by atoms with E-state index < -0.39 is 0 Å². The molecule has 3 atom stereocenters. The average molecular weight is 236 g/mol. The molecule has 2 N–H and O–H groups in total. The third kappa shape index (κ3) is 2.85. The minimum atomic E-state index is 0.440. The molecule has 0 aromatic carbocycles. The van der Waals surface area contributed by atoms with Crippen LogP contribution < -0.4 is 5.73 Å². The highest BCUT2D eigenvalue weighted by molar-refractivity contribution is 4.90. The summed E-state index contributed by atoms with van der Waals surface area (Å²) in [4.78, 5) is 2.71. The van der Waals surface area contributed by atoms with Crippen LogP contribution in [-0.4, -0.2) is 30.1 Å². The Hall–Kier alpha value is -0.0800. The molecule has 2 saturated carbocycles. The van der Waals surface area contributed by atoms with E-state index in [1.807, 2.05) is 0 Å². The molecule has 0 amide bonds. The van der Waals surface area contributed by atoms with Gasteiger partial charge in [-0.05, 0) is 50.4 Å². The van der Waals surface area contributed by atoms with Crippen LogP contribution in [0.15, 0.2) is 0 Å². The molecule has 3 aliphatic rings. The third-order valence-corrected chi connectivity index (χ3v) is 5.37. The molecule has 1 heterocycles. The number of piperidine rings is 1. The Kier molecular flexibility index (Phi) is 3.45. The molecule has 98 valence electrons. The van der Waals surface area contributed by atoms with Crippen LogP contribution >= 0.6 is 0 Å². The summed E-state index contributed by atoms with van der Waals surface area (Å²) in [7, 11) is 0. The van der Waals surface area contributed by atoms with Crippen LogP contribution in [0.5, 0.6) is 0 Å². The first kappa shape index (κ1) is 12.0. The van der Waals surface area contributed by atoms with E-state index in [1.165, 1.54) is 51.5 Å². The van der Waals surface area contributed by atoms with Crippen LogP contribution in [0.3, 0.4) is 0 Å². The van der Waals surface area contributed by atoms with E-state index in [9.17, 15) is 0 Å². The summed E-state index contributed by atoms with van der Waals surface area (Å²) >= 11 is 0. The molecule has 17 heavy (non-hydrogen) atoms. The summed E-state index contributed by atoms with van der Waals surface area (Å²) in [5.74, 6) is 2.93. The Labute approximate surface area is 106 Å². The fourth-order valence-corrected chi connectivity index (χ4v) is 3.83. The smallest absolute Gasteiger partial charge is 0.0171 e. The molecule has 1 aliphatic heterocycles. The van der Waals surface area contributed by atoms with Crippen molar-refractivity contribution in [1.82, 2.24) is 4.90 Å². The van der Waals surface area contributed by atoms with Gasteiger partial charge in [-0.3, -0.25) is 4.90 Å². The van der Waals surface area contributed by atoms with Gasteiger partial charge in [0, 0.05) is 25.2 Å². The topological polar surface area (TPSA) is 29.3 Å². The normalized spacial score (nSPS) is 37.8. The molecule has 2 aliphatic carbocycles. The molecule has 0 bridgehead atoms. The Morgan fingerprint density at radius 3 is 2.47 bits per heavy atom. The minimum Gasteiger partial charge on any atom is -0.327 e. The van der Waals surface area contributed by atoms with E-state index in [0.717, 1.165) is 30.3 Å². The van der Waals surface area contributed by atoms with E-state index in [2.05, 4.69) is 11.8 Å². The lowest BCUT2D eigenvalue weighted by Gasteiger charge is -2.45. The monoisotopic (exact) mass is 236 g/mol. The summed E-state index contributed by atoms with van der Waals surface area (Å²) in [5, 5.41) is 0. The van der Waals surface area contributed by atoms with Crippen molar-refractivity contribution in [2.75, 3.05) is 13.1 Å². The second kappa shape index (κ2) is 4.89. The van der Waals surface area contributed by atoms with Gasteiger partial charge in [-0.15, -0.1) is 0 Å². The molecule has 2 nitrogen and oxygen atoms in total. The zero-order valence-corrected chi connectivity index (χ0v) is 11.3. The molecule has 3 unspecified atom stereocenters. The van der Waals surface area contributed by atoms with Crippen molar-refractivity contribution < 1.29 is 0 Å². The second-order valence-electron chi connectivity index (χ2n) is 6.93.